The lowest BCUT2D eigenvalue weighted by Crippen LogP contribution is -1.91. The zero-order valence-electron chi connectivity index (χ0n) is 7.91. The molecule has 0 spiro atoms. The van der Waals surface area contributed by atoms with Crippen LogP contribution in [0.25, 0.3) is 6.08 Å². The lowest BCUT2D eigenvalue weighted by atomic mass is 9.97. The molecule has 14 heavy (non-hydrogen) atoms. The van der Waals surface area contributed by atoms with Gasteiger partial charge in [-0.15, -0.1) is 0 Å². The van der Waals surface area contributed by atoms with E-state index >= 15 is 0 Å². The summed E-state index contributed by atoms with van der Waals surface area (Å²) in [6.07, 6.45) is 9.58. The second-order valence-corrected chi connectivity index (χ2v) is 3.35. The minimum absolute atomic E-state index is 0.314. The van der Waals surface area contributed by atoms with E-state index in [2.05, 4.69) is 18.2 Å². The molecule has 0 bridgehead atoms. The van der Waals surface area contributed by atoms with Crippen molar-refractivity contribution < 1.29 is 4.39 Å². The summed E-state index contributed by atoms with van der Waals surface area (Å²) in [5.41, 5.74) is 2.54. The van der Waals surface area contributed by atoms with Crippen molar-refractivity contribution in [3.8, 4) is 0 Å². The molecule has 0 heterocycles. The third-order valence-electron chi connectivity index (χ3n) is 2.44. The molecule has 1 radical (unpaired) electrons. The number of hydrogen-bond acceptors (Lipinski definition) is 0. The third-order valence-corrected chi connectivity index (χ3v) is 2.44. The van der Waals surface area contributed by atoms with Crippen molar-refractivity contribution in [1.29, 1.82) is 0 Å². The molecule has 0 amide bonds. The van der Waals surface area contributed by atoms with Gasteiger partial charge in [0.05, 0.1) is 0 Å². The van der Waals surface area contributed by atoms with Crippen LogP contribution in [0.15, 0.2) is 36.4 Å². The van der Waals surface area contributed by atoms with Crippen molar-refractivity contribution in [2.75, 3.05) is 6.67 Å². The molecule has 1 aromatic rings. The number of alkyl halides is 1. The lowest BCUT2D eigenvalue weighted by molar-refractivity contribution is 0.560. The second-order valence-electron chi connectivity index (χ2n) is 3.35. The highest BCUT2D eigenvalue weighted by molar-refractivity contribution is 5.59. The van der Waals surface area contributed by atoms with E-state index in [1.165, 1.54) is 11.1 Å². The van der Waals surface area contributed by atoms with Gasteiger partial charge in [0, 0.05) is 5.92 Å². The molecular formula is C13H12F. The van der Waals surface area contributed by atoms with Crippen LogP contribution in [-0.4, -0.2) is 6.67 Å². The van der Waals surface area contributed by atoms with E-state index in [-0.39, 0.29) is 6.67 Å². The van der Waals surface area contributed by atoms with Crippen molar-refractivity contribution in [3.05, 3.63) is 53.6 Å². The largest absolute Gasteiger partial charge is 0.247 e. The fourth-order valence-electron chi connectivity index (χ4n) is 1.73. The van der Waals surface area contributed by atoms with Crippen LogP contribution in [0, 0.1) is 6.08 Å². The Bertz CT molecular complexity index is 363. The molecule has 2 rings (SSSR count). The molecule has 0 N–H and O–H groups in total. The zero-order valence-corrected chi connectivity index (χ0v) is 7.91. The van der Waals surface area contributed by atoms with Crippen LogP contribution in [0.3, 0.4) is 0 Å². The van der Waals surface area contributed by atoms with Crippen LogP contribution < -0.4 is 0 Å². The fourth-order valence-corrected chi connectivity index (χ4v) is 1.73. The highest BCUT2D eigenvalue weighted by Gasteiger charge is 2.14. The molecule has 1 aromatic carbocycles. The van der Waals surface area contributed by atoms with Crippen molar-refractivity contribution in [2.45, 2.75) is 12.3 Å². The van der Waals surface area contributed by atoms with E-state index in [9.17, 15) is 4.39 Å². The van der Waals surface area contributed by atoms with Crippen LogP contribution in [0.2, 0.25) is 0 Å². The number of halogens is 1. The molecule has 0 nitrogen and oxygen atoms in total. The van der Waals surface area contributed by atoms with Gasteiger partial charge in [0.25, 0.3) is 0 Å². The van der Waals surface area contributed by atoms with E-state index < -0.39 is 0 Å². The van der Waals surface area contributed by atoms with E-state index in [1.807, 2.05) is 24.3 Å². The van der Waals surface area contributed by atoms with Gasteiger partial charge >= 0.3 is 0 Å². The van der Waals surface area contributed by atoms with Crippen molar-refractivity contribution in [3.63, 3.8) is 0 Å². The summed E-state index contributed by atoms with van der Waals surface area (Å²) < 4.78 is 11.8. The Balaban J connectivity index is 2.11. The number of fused-ring (bicyclic) bond motifs is 1. The maximum Gasteiger partial charge on any atom is 0.108 e. The molecule has 0 fully saturated rings. The van der Waals surface area contributed by atoms with Gasteiger partial charge < -0.3 is 0 Å². The molecule has 0 saturated carbocycles. The van der Waals surface area contributed by atoms with Crippen LogP contribution in [0.1, 0.15) is 23.5 Å². The molecule has 1 unspecified atom stereocenters. The maximum absolute atomic E-state index is 11.8. The smallest absolute Gasteiger partial charge is 0.108 e. The lowest BCUT2D eigenvalue weighted by Gasteiger charge is -2.06. The quantitative estimate of drug-likeness (QED) is 0.635. The van der Waals surface area contributed by atoms with Gasteiger partial charge in [0.2, 0.25) is 0 Å². The minimum atomic E-state index is -0.377. The summed E-state index contributed by atoms with van der Waals surface area (Å²) in [5, 5.41) is 0. The first-order valence-corrected chi connectivity index (χ1v) is 4.81. The summed E-state index contributed by atoms with van der Waals surface area (Å²) in [7, 11) is 0. The predicted molar refractivity (Wildman–Crippen MR) is 56.6 cm³/mol. The van der Waals surface area contributed by atoms with Crippen LogP contribution >= 0.6 is 0 Å². The average Bonchev–Trinajstić information content (AvgIpc) is 2.63. The molecule has 1 heteroatoms. The molecule has 1 atom stereocenters. The summed E-state index contributed by atoms with van der Waals surface area (Å²) in [5.74, 6) is 0.314. The zero-order chi connectivity index (χ0) is 9.80. The average molecular weight is 187 g/mol. The third kappa shape index (κ3) is 1.77. The highest BCUT2D eigenvalue weighted by atomic mass is 19.1. The van der Waals surface area contributed by atoms with Crippen molar-refractivity contribution >= 4 is 6.08 Å². The monoisotopic (exact) mass is 187 g/mol. The van der Waals surface area contributed by atoms with Crippen LogP contribution in [-0.2, 0) is 0 Å². The van der Waals surface area contributed by atoms with Crippen molar-refractivity contribution in [2.24, 2.45) is 0 Å². The van der Waals surface area contributed by atoms with Gasteiger partial charge in [0.1, 0.15) is 6.67 Å². The minimum Gasteiger partial charge on any atom is -0.247 e. The Kier molecular flexibility index (Phi) is 2.78. The molecule has 0 aromatic heterocycles. The molecule has 0 saturated heterocycles. The van der Waals surface area contributed by atoms with Gasteiger partial charge in [-0.2, -0.15) is 0 Å². The van der Waals surface area contributed by atoms with E-state index in [0.29, 0.717) is 5.92 Å². The summed E-state index contributed by atoms with van der Waals surface area (Å²) in [6.45, 7) is -0.377. The molecule has 0 aliphatic heterocycles. The number of benzene rings is 1. The van der Waals surface area contributed by atoms with E-state index in [0.717, 1.165) is 6.42 Å². The van der Waals surface area contributed by atoms with Gasteiger partial charge in [-0.25, -0.2) is 4.39 Å². The SMILES string of the molecule is FC/C=C/CC1[C]=Cc2ccccc21. The van der Waals surface area contributed by atoms with E-state index in [4.69, 9.17) is 0 Å². The van der Waals surface area contributed by atoms with Gasteiger partial charge in [-0.05, 0) is 23.6 Å². The Hall–Kier alpha value is -1.37. The normalized spacial score (nSPS) is 19.1. The summed E-state index contributed by atoms with van der Waals surface area (Å²) in [4.78, 5) is 0. The fraction of sp³-hybridized carbons (Fsp3) is 0.231. The first kappa shape index (κ1) is 9.20. The Labute approximate surface area is 83.8 Å². The highest BCUT2D eigenvalue weighted by Crippen LogP contribution is 2.31. The molecule has 1 aliphatic rings. The number of rotatable bonds is 3. The van der Waals surface area contributed by atoms with Gasteiger partial charge in [-0.3, -0.25) is 0 Å². The number of allylic oxidation sites excluding steroid dienone is 3. The van der Waals surface area contributed by atoms with Crippen LogP contribution in [0.5, 0.6) is 0 Å². The molecular weight excluding hydrogens is 175 g/mol. The van der Waals surface area contributed by atoms with E-state index in [1.54, 1.807) is 6.08 Å². The predicted octanol–water partition coefficient (Wildman–Crippen LogP) is 3.52. The summed E-state index contributed by atoms with van der Waals surface area (Å²) in [6, 6.07) is 8.25. The first-order valence-electron chi connectivity index (χ1n) is 4.81. The van der Waals surface area contributed by atoms with Gasteiger partial charge in [0.15, 0.2) is 0 Å². The number of hydrogen-bond donors (Lipinski definition) is 0. The Morgan fingerprint density at radius 3 is 3.00 bits per heavy atom. The Morgan fingerprint density at radius 2 is 2.14 bits per heavy atom. The maximum atomic E-state index is 11.8. The topological polar surface area (TPSA) is 0 Å². The molecule has 71 valence electrons. The van der Waals surface area contributed by atoms with Crippen LogP contribution in [0.4, 0.5) is 4.39 Å². The second kappa shape index (κ2) is 4.23. The van der Waals surface area contributed by atoms with Crippen molar-refractivity contribution in [1.82, 2.24) is 0 Å². The van der Waals surface area contributed by atoms with Gasteiger partial charge in [-0.1, -0.05) is 42.5 Å². The first-order chi connectivity index (χ1) is 6.92. The Morgan fingerprint density at radius 1 is 1.29 bits per heavy atom. The standard InChI is InChI=1S/C13H12F/c14-10-4-3-6-12-9-8-11-5-1-2-7-13(11)12/h1-5,7-8,12H,6,10H2/b4-3+. The molecule has 1 aliphatic carbocycles. The summed E-state index contributed by atoms with van der Waals surface area (Å²) >= 11 is 0.